The Morgan fingerprint density at radius 1 is 1.50 bits per heavy atom. The molecule has 0 bridgehead atoms. The van der Waals surface area contributed by atoms with Crippen LogP contribution < -0.4 is 16.0 Å². The van der Waals surface area contributed by atoms with Gasteiger partial charge in [-0.15, -0.1) is 0 Å². The van der Waals surface area contributed by atoms with Crippen LogP contribution in [0, 0.1) is 10.1 Å². The zero-order valence-corrected chi connectivity index (χ0v) is 8.72. The summed E-state index contributed by atoms with van der Waals surface area (Å²) in [6, 6.07) is 1.45. The van der Waals surface area contributed by atoms with Crippen LogP contribution in [0.15, 0.2) is 12.3 Å². The van der Waals surface area contributed by atoms with E-state index in [2.05, 4.69) is 10.3 Å². The minimum atomic E-state index is -0.473. The van der Waals surface area contributed by atoms with Gasteiger partial charge in [0.25, 0.3) is 0 Å². The molecule has 86 valence electrons. The minimum Gasteiger partial charge on any atom is -0.393 e. The van der Waals surface area contributed by atoms with E-state index < -0.39 is 4.92 Å². The highest BCUT2D eigenvalue weighted by Crippen LogP contribution is 2.31. The minimum absolute atomic E-state index is 0.0931. The molecule has 1 aliphatic heterocycles. The van der Waals surface area contributed by atoms with Gasteiger partial charge in [-0.3, -0.25) is 10.1 Å². The lowest BCUT2D eigenvalue weighted by Gasteiger charge is -2.28. The van der Waals surface area contributed by atoms with Crippen LogP contribution in [0.2, 0.25) is 0 Å². The predicted molar refractivity (Wildman–Crippen MR) is 60.4 cm³/mol. The summed E-state index contributed by atoms with van der Waals surface area (Å²) in [6.07, 6.45) is 1.50. The number of nitrogens with one attached hydrogen (secondary N) is 1. The third-order valence-corrected chi connectivity index (χ3v) is 2.54. The second-order valence-corrected chi connectivity index (χ2v) is 3.57. The zero-order chi connectivity index (χ0) is 11.5. The van der Waals surface area contributed by atoms with Gasteiger partial charge < -0.3 is 16.0 Å². The molecule has 0 aliphatic carbocycles. The highest BCUT2D eigenvalue weighted by Gasteiger charge is 2.24. The highest BCUT2D eigenvalue weighted by atomic mass is 16.6. The third-order valence-electron chi connectivity index (χ3n) is 2.54. The van der Waals surface area contributed by atoms with Gasteiger partial charge in [0.1, 0.15) is 5.69 Å². The number of nitrogens with two attached hydrogens (primary N) is 1. The van der Waals surface area contributed by atoms with Crippen molar-refractivity contribution in [2.24, 2.45) is 0 Å². The molecule has 1 fully saturated rings. The van der Waals surface area contributed by atoms with E-state index in [0.717, 1.165) is 13.1 Å². The molecule has 1 saturated heterocycles. The van der Waals surface area contributed by atoms with Gasteiger partial charge in [-0.05, 0) is 6.07 Å². The molecule has 0 unspecified atom stereocenters. The summed E-state index contributed by atoms with van der Waals surface area (Å²) in [7, 11) is 0. The van der Waals surface area contributed by atoms with Crippen LogP contribution in [0.25, 0.3) is 0 Å². The summed E-state index contributed by atoms with van der Waals surface area (Å²) in [5.74, 6) is 0.367. The summed E-state index contributed by atoms with van der Waals surface area (Å²) in [5.41, 5.74) is 5.67. The van der Waals surface area contributed by atoms with Crippen molar-refractivity contribution in [2.75, 3.05) is 36.8 Å². The molecule has 0 saturated carbocycles. The van der Waals surface area contributed by atoms with Gasteiger partial charge in [0.15, 0.2) is 0 Å². The smallest absolute Gasteiger partial charge is 0.334 e. The van der Waals surface area contributed by atoms with Gasteiger partial charge in [0.05, 0.1) is 4.92 Å². The molecule has 0 radical (unpaired) electrons. The van der Waals surface area contributed by atoms with Crippen molar-refractivity contribution in [3.63, 3.8) is 0 Å². The van der Waals surface area contributed by atoms with Crippen molar-refractivity contribution in [3.05, 3.63) is 22.4 Å². The zero-order valence-electron chi connectivity index (χ0n) is 8.72. The van der Waals surface area contributed by atoms with Crippen molar-refractivity contribution in [2.45, 2.75) is 0 Å². The van der Waals surface area contributed by atoms with Crippen LogP contribution in [0.5, 0.6) is 0 Å². The largest absolute Gasteiger partial charge is 0.393 e. The van der Waals surface area contributed by atoms with E-state index >= 15 is 0 Å². The molecule has 7 heteroatoms. The Labute approximate surface area is 92.4 Å². The van der Waals surface area contributed by atoms with Gasteiger partial charge in [-0.25, -0.2) is 4.98 Å². The monoisotopic (exact) mass is 223 g/mol. The van der Waals surface area contributed by atoms with Crippen molar-refractivity contribution >= 4 is 17.2 Å². The Balaban J connectivity index is 2.38. The van der Waals surface area contributed by atoms with Crippen LogP contribution in [0.3, 0.4) is 0 Å². The van der Waals surface area contributed by atoms with Crippen molar-refractivity contribution < 1.29 is 4.92 Å². The fourth-order valence-corrected chi connectivity index (χ4v) is 1.75. The van der Waals surface area contributed by atoms with E-state index in [1.807, 2.05) is 4.90 Å². The summed E-state index contributed by atoms with van der Waals surface area (Å²) < 4.78 is 0. The number of nitrogens with zero attached hydrogens (tertiary/aromatic N) is 3. The first-order chi connectivity index (χ1) is 7.70. The molecule has 0 atom stereocenters. The molecule has 16 heavy (non-hydrogen) atoms. The number of aromatic nitrogens is 1. The second kappa shape index (κ2) is 4.31. The molecule has 1 aromatic heterocycles. The number of rotatable bonds is 2. The van der Waals surface area contributed by atoms with Crippen LogP contribution in [0.1, 0.15) is 0 Å². The molecule has 2 rings (SSSR count). The standard InChI is InChI=1S/C9H13N5O2/c10-7-1-2-12-9(8(7)14(15)16)13-5-3-11-4-6-13/h1-2,11H,3-6H2,(H2,10,12). The maximum Gasteiger partial charge on any atom is 0.334 e. The summed E-state index contributed by atoms with van der Waals surface area (Å²) in [5, 5.41) is 14.1. The van der Waals surface area contributed by atoms with E-state index in [4.69, 9.17) is 5.73 Å². The van der Waals surface area contributed by atoms with Crippen LogP contribution in [-0.2, 0) is 0 Å². The first-order valence-electron chi connectivity index (χ1n) is 5.04. The highest BCUT2D eigenvalue weighted by molar-refractivity contribution is 5.71. The van der Waals surface area contributed by atoms with Crippen molar-refractivity contribution in [3.8, 4) is 0 Å². The Kier molecular flexibility index (Phi) is 2.86. The van der Waals surface area contributed by atoms with Gasteiger partial charge >= 0.3 is 5.69 Å². The average molecular weight is 223 g/mol. The third kappa shape index (κ3) is 1.89. The van der Waals surface area contributed by atoms with E-state index in [1.54, 1.807) is 0 Å². The van der Waals surface area contributed by atoms with Gasteiger partial charge in [-0.1, -0.05) is 0 Å². The molecule has 0 spiro atoms. The van der Waals surface area contributed by atoms with Crippen LogP contribution in [-0.4, -0.2) is 36.1 Å². The molecule has 1 aliphatic rings. The normalized spacial score (nSPS) is 16.1. The van der Waals surface area contributed by atoms with E-state index in [1.165, 1.54) is 12.3 Å². The van der Waals surface area contributed by atoms with Crippen molar-refractivity contribution in [1.29, 1.82) is 0 Å². The van der Waals surface area contributed by atoms with E-state index in [9.17, 15) is 10.1 Å². The van der Waals surface area contributed by atoms with E-state index in [0.29, 0.717) is 18.9 Å². The van der Waals surface area contributed by atoms with E-state index in [-0.39, 0.29) is 11.4 Å². The summed E-state index contributed by atoms with van der Waals surface area (Å²) in [4.78, 5) is 16.4. The Morgan fingerprint density at radius 2 is 2.19 bits per heavy atom. The SMILES string of the molecule is Nc1ccnc(N2CCNCC2)c1[N+](=O)[O-]. The predicted octanol–water partition coefficient (Wildman–Crippen LogP) is -0.0184. The Morgan fingerprint density at radius 3 is 2.81 bits per heavy atom. The second-order valence-electron chi connectivity index (χ2n) is 3.57. The molecular formula is C9H13N5O2. The average Bonchev–Trinajstić information content (AvgIpc) is 2.29. The van der Waals surface area contributed by atoms with Gasteiger partial charge in [-0.2, -0.15) is 0 Å². The van der Waals surface area contributed by atoms with Gasteiger partial charge in [0, 0.05) is 32.4 Å². The summed E-state index contributed by atoms with van der Waals surface area (Å²) >= 11 is 0. The Hall–Kier alpha value is -1.89. The van der Waals surface area contributed by atoms with Gasteiger partial charge in [0.2, 0.25) is 5.82 Å². The number of hydrogen-bond donors (Lipinski definition) is 2. The molecule has 2 heterocycles. The lowest BCUT2D eigenvalue weighted by atomic mass is 10.3. The lowest BCUT2D eigenvalue weighted by Crippen LogP contribution is -2.44. The molecule has 1 aromatic rings. The number of piperazine rings is 1. The molecule has 7 nitrogen and oxygen atoms in total. The number of hydrogen-bond acceptors (Lipinski definition) is 6. The number of nitrogen functional groups attached to an aromatic ring is 1. The molecular weight excluding hydrogens is 210 g/mol. The van der Waals surface area contributed by atoms with Crippen LogP contribution in [0.4, 0.5) is 17.2 Å². The maximum atomic E-state index is 10.9. The van der Waals surface area contributed by atoms with Crippen molar-refractivity contribution in [1.82, 2.24) is 10.3 Å². The van der Waals surface area contributed by atoms with Crippen LogP contribution >= 0.6 is 0 Å². The number of pyridine rings is 1. The Bertz CT molecular complexity index is 403. The maximum absolute atomic E-state index is 10.9. The lowest BCUT2D eigenvalue weighted by molar-refractivity contribution is -0.383. The molecule has 0 aromatic carbocycles. The number of nitro groups is 1. The fourth-order valence-electron chi connectivity index (χ4n) is 1.75. The fraction of sp³-hybridized carbons (Fsp3) is 0.444. The first kappa shape index (κ1) is 10.6. The first-order valence-corrected chi connectivity index (χ1v) is 5.04. The topological polar surface area (TPSA) is 97.3 Å². The number of anilines is 2. The quantitative estimate of drug-likeness (QED) is 0.540. The molecule has 3 N–H and O–H groups in total. The molecule has 0 amide bonds. The summed E-state index contributed by atoms with van der Waals surface area (Å²) in [6.45, 7) is 3.01.